The van der Waals surface area contributed by atoms with Gasteiger partial charge in [-0.15, -0.1) is 0 Å². The second-order valence-electron chi connectivity index (χ2n) is 2.46. The Bertz CT molecular complexity index is 338. The molecular formula is C7H7BrN2O2. The zero-order valence-electron chi connectivity index (χ0n) is 6.67. The van der Waals surface area contributed by atoms with Gasteiger partial charge in [-0.1, -0.05) is 0 Å². The van der Waals surface area contributed by atoms with E-state index in [-0.39, 0.29) is 5.69 Å². The van der Waals surface area contributed by atoms with Crippen molar-refractivity contribution in [2.45, 2.75) is 13.8 Å². The first kappa shape index (κ1) is 9.12. The van der Waals surface area contributed by atoms with Crippen molar-refractivity contribution in [1.82, 2.24) is 4.98 Å². The lowest BCUT2D eigenvalue weighted by Crippen LogP contribution is -1.97. The van der Waals surface area contributed by atoms with Crippen LogP contribution in [-0.2, 0) is 0 Å². The average molecular weight is 231 g/mol. The normalized spacial score (nSPS) is 9.92. The summed E-state index contributed by atoms with van der Waals surface area (Å²) in [4.78, 5) is 14.1. The summed E-state index contributed by atoms with van der Waals surface area (Å²) in [5.74, 6) is 0. The zero-order chi connectivity index (χ0) is 9.30. The Morgan fingerprint density at radius 3 is 2.58 bits per heavy atom. The molecular weight excluding hydrogens is 224 g/mol. The van der Waals surface area contributed by atoms with Crippen LogP contribution in [0, 0.1) is 24.0 Å². The van der Waals surface area contributed by atoms with Crippen LogP contribution in [0.5, 0.6) is 0 Å². The lowest BCUT2D eigenvalue weighted by Gasteiger charge is -2.01. The third-order valence-corrected chi connectivity index (χ3v) is 2.39. The molecule has 0 amide bonds. The molecule has 0 unspecified atom stereocenters. The number of rotatable bonds is 1. The summed E-state index contributed by atoms with van der Waals surface area (Å²) in [6, 6.07) is 0. The van der Waals surface area contributed by atoms with Crippen molar-refractivity contribution in [3.63, 3.8) is 0 Å². The maximum atomic E-state index is 10.6. The van der Waals surface area contributed by atoms with E-state index in [2.05, 4.69) is 20.9 Å². The van der Waals surface area contributed by atoms with Crippen molar-refractivity contribution in [2.24, 2.45) is 0 Å². The summed E-state index contributed by atoms with van der Waals surface area (Å²) < 4.78 is 0.528. The van der Waals surface area contributed by atoms with Crippen LogP contribution in [0.2, 0.25) is 0 Å². The van der Waals surface area contributed by atoms with Gasteiger partial charge in [-0.3, -0.25) is 10.1 Å². The van der Waals surface area contributed by atoms with Gasteiger partial charge in [-0.25, -0.2) is 4.98 Å². The Hall–Kier alpha value is -0.970. The fourth-order valence-corrected chi connectivity index (χ4v) is 1.28. The average Bonchev–Trinajstić information content (AvgIpc) is 1.97. The van der Waals surface area contributed by atoms with Crippen LogP contribution >= 0.6 is 15.9 Å². The molecule has 4 nitrogen and oxygen atoms in total. The van der Waals surface area contributed by atoms with Crippen LogP contribution in [0.4, 0.5) is 5.69 Å². The van der Waals surface area contributed by atoms with E-state index in [1.54, 1.807) is 13.8 Å². The molecule has 1 rings (SSSR count). The highest BCUT2D eigenvalue weighted by atomic mass is 79.9. The molecule has 0 saturated carbocycles. The number of halogens is 1. The first-order valence-electron chi connectivity index (χ1n) is 3.30. The van der Waals surface area contributed by atoms with Gasteiger partial charge < -0.3 is 0 Å². The van der Waals surface area contributed by atoms with Crippen LogP contribution in [0.1, 0.15) is 11.1 Å². The smallest absolute Gasteiger partial charge is 0.258 e. The fourth-order valence-electron chi connectivity index (χ4n) is 0.986. The molecule has 0 aliphatic heterocycles. The molecule has 0 aromatic carbocycles. The van der Waals surface area contributed by atoms with E-state index < -0.39 is 4.92 Å². The lowest BCUT2D eigenvalue weighted by molar-refractivity contribution is -0.386. The fraction of sp³-hybridized carbons (Fsp3) is 0.286. The van der Waals surface area contributed by atoms with Crippen molar-refractivity contribution >= 4 is 21.6 Å². The summed E-state index contributed by atoms with van der Waals surface area (Å²) in [5, 5.41) is 10.6. The quantitative estimate of drug-likeness (QED) is 0.423. The van der Waals surface area contributed by atoms with Gasteiger partial charge in [0.25, 0.3) is 5.69 Å². The molecule has 0 radical (unpaired) electrons. The van der Waals surface area contributed by atoms with Crippen molar-refractivity contribution in [3.05, 3.63) is 32.0 Å². The number of aryl methyl sites for hydroxylation is 1. The molecule has 1 aromatic rings. The molecule has 5 heteroatoms. The van der Waals surface area contributed by atoms with Crippen LogP contribution < -0.4 is 0 Å². The SMILES string of the molecule is Cc1cnc(Br)c(C)c1[N+](=O)[O-]. The molecule has 0 atom stereocenters. The number of nitro groups is 1. The summed E-state index contributed by atoms with van der Waals surface area (Å²) >= 11 is 3.13. The monoisotopic (exact) mass is 230 g/mol. The third kappa shape index (κ3) is 1.45. The Balaban J connectivity index is 3.43. The number of nitrogens with zero attached hydrogens (tertiary/aromatic N) is 2. The topological polar surface area (TPSA) is 56.0 Å². The third-order valence-electron chi connectivity index (χ3n) is 1.59. The number of pyridine rings is 1. The second kappa shape index (κ2) is 3.18. The molecule has 0 N–H and O–H groups in total. The molecule has 0 bridgehead atoms. The number of hydrogen-bond donors (Lipinski definition) is 0. The van der Waals surface area contributed by atoms with E-state index in [0.29, 0.717) is 15.7 Å². The van der Waals surface area contributed by atoms with E-state index in [1.807, 2.05) is 0 Å². The van der Waals surface area contributed by atoms with E-state index >= 15 is 0 Å². The van der Waals surface area contributed by atoms with Crippen molar-refractivity contribution in [1.29, 1.82) is 0 Å². The Kier molecular flexibility index (Phi) is 2.42. The summed E-state index contributed by atoms with van der Waals surface area (Å²) in [5.41, 5.74) is 1.29. The minimum Gasteiger partial charge on any atom is -0.258 e. The predicted octanol–water partition coefficient (Wildman–Crippen LogP) is 2.37. The maximum Gasteiger partial charge on any atom is 0.279 e. The molecule has 12 heavy (non-hydrogen) atoms. The Morgan fingerprint density at radius 1 is 1.58 bits per heavy atom. The minimum absolute atomic E-state index is 0.136. The molecule has 0 spiro atoms. The summed E-state index contributed by atoms with van der Waals surface area (Å²) in [6.45, 7) is 3.34. The van der Waals surface area contributed by atoms with E-state index in [1.165, 1.54) is 6.20 Å². The molecule has 1 heterocycles. The minimum atomic E-state index is -0.392. The number of hydrogen-bond acceptors (Lipinski definition) is 3. The second-order valence-corrected chi connectivity index (χ2v) is 3.21. The number of aromatic nitrogens is 1. The van der Waals surface area contributed by atoms with E-state index in [0.717, 1.165) is 0 Å². The molecule has 0 aliphatic rings. The molecule has 1 aromatic heterocycles. The van der Waals surface area contributed by atoms with Gasteiger partial charge in [0.05, 0.1) is 10.5 Å². The highest BCUT2D eigenvalue weighted by Crippen LogP contribution is 2.26. The van der Waals surface area contributed by atoms with Gasteiger partial charge in [0.2, 0.25) is 0 Å². The maximum absolute atomic E-state index is 10.6. The standard InChI is InChI=1S/C7H7BrN2O2/c1-4-3-9-7(8)5(2)6(4)10(11)12/h3H,1-2H3. The van der Waals surface area contributed by atoms with E-state index in [4.69, 9.17) is 0 Å². The molecule has 0 saturated heterocycles. The summed E-state index contributed by atoms with van der Waals surface area (Å²) in [7, 11) is 0. The lowest BCUT2D eigenvalue weighted by atomic mass is 10.2. The van der Waals surface area contributed by atoms with Crippen LogP contribution in [0.15, 0.2) is 10.8 Å². The van der Waals surface area contributed by atoms with Crippen molar-refractivity contribution in [2.75, 3.05) is 0 Å². The predicted molar refractivity (Wildman–Crippen MR) is 48.1 cm³/mol. The molecule has 0 fully saturated rings. The van der Waals surface area contributed by atoms with Gasteiger partial charge in [0.1, 0.15) is 4.60 Å². The van der Waals surface area contributed by atoms with Crippen molar-refractivity contribution in [3.8, 4) is 0 Å². The van der Waals surface area contributed by atoms with Crippen molar-refractivity contribution < 1.29 is 4.92 Å². The van der Waals surface area contributed by atoms with Crippen LogP contribution in [0.25, 0.3) is 0 Å². The Morgan fingerprint density at radius 2 is 2.17 bits per heavy atom. The molecule has 64 valence electrons. The first-order valence-corrected chi connectivity index (χ1v) is 4.09. The van der Waals surface area contributed by atoms with E-state index in [9.17, 15) is 10.1 Å². The summed E-state index contributed by atoms with van der Waals surface area (Å²) in [6.07, 6.45) is 1.48. The highest BCUT2D eigenvalue weighted by molar-refractivity contribution is 9.10. The van der Waals surface area contributed by atoms with Gasteiger partial charge in [0.15, 0.2) is 0 Å². The van der Waals surface area contributed by atoms with Crippen LogP contribution in [-0.4, -0.2) is 9.91 Å². The van der Waals surface area contributed by atoms with Gasteiger partial charge in [-0.2, -0.15) is 0 Å². The van der Waals surface area contributed by atoms with Gasteiger partial charge >= 0.3 is 0 Å². The van der Waals surface area contributed by atoms with Gasteiger partial charge in [0, 0.05) is 11.8 Å². The molecule has 0 aliphatic carbocycles. The largest absolute Gasteiger partial charge is 0.279 e. The Labute approximate surface area is 77.9 Å². The van der Waals surface area contributed by atoms with Crippen LogP contribution in [0.3, 0.4) is 0 Å². The van der Waals surface area contributed by atoms with Gasteiger partial charge in [-0.05, 0) is 29.8 Å². The zero-order valence-corrected chi connectivity index (χ0v) is 8.25. The highest BCUT2D eigenvalue weighted by Gasteiger charge is 2.16. The first-order chi connectivity index (χ1) is 5.54.